The van der Waals surface area contributed by atoms with Crippen LogP contribution in [0.5, 0.6) is 5.75 Å². The minimum atomic E-state index is 0.233. The van der Waals surface area contributed by atoms with E-state index in [0.717, 1.165) is 18.8 Å². The molecule has 21 heavy (non-hydrogen) atoms. The second-order valence-corrected chi connectivity index (χ2v) is 6.74. The van der Waals surface area contributed by atoms with E-state index in [0.29, 0.717) is 5.54 Å². The van der Waals surface area contributed by atoms with Gasteiger partial charge in [-0.2, -0.15) is 0 Å². The molecule has 0 spiro atoms. The van der Waals surface area contributed by atoms with Crippen molar-refractivity contribution in [3.63, 3.8) is 0 Å². The lowest BCUT2D eigenvalue weighted by molar-refractivity contribution is 0.153. The molecule has 1 N–H and O–H groups in total. The van der Waals surface area contributed by atoms with Crippen LogP contribution in [-0.2, 0) is 6.54 Å². The van der Waals surface area contributed by atoms with Crippen LogP contribution in [0.1, 0.15) is 45.1 Å². The zero-order chi connectivity index (χ0) is 15.3. The van der Waals surface area contributed by atoms with Crippen LogP contribution in [0.15, 0.2) is 24.3 Å². The number of ether oxygens (including phenoxy) is 1. The number of nitrogens with one attached hydrogen (secondary N) is 1. The molecular weight excluding hydrogens is 260 g/mol. The van der Waals surface area contributed by atoms with Crippen LogP contribution in [-0.4, -0.2) is 37.2 Å². The zero-order valence-electron chi connectivity index (χ0n) is 14.0. The molecule has 3 heteroatoms. The molecule has 0 atom stereocenters. The van der Waals surface area contributed by atoms with Gasteiger partial charge in [-0.15, -0.1) is 0 Å². The molecule has 1 aliphatic carbocycles. The second kappa shape index (κ2) is 7.28. The summed E-state index contributed by atoms with van der Waals surface area (Å²) < 4.78 is 5.68. The highest BCUT2D eigenvalue weighted by Crippen LogP contribution is 2.33. The molecule has 0 amide bonds. The summed E-state index contributed by atoms with van der Waals surface area (Å²) in [4.78, 5) is 2.41. The average molecular weight is 290 g/mol. The Morgan fingerprint density at radius 2 is 1.76 bits per heavy atom. The molecular formula is C18H30N2O. The van der Waals surface area contributed by atoms with Crippen LogP contribution >= 0.6 is 0 Å². The molecule has 3 nitrogen and oxygen atoms in total. The van der Waals surface area contributed by atoms with Gasteiger partial charge >= 0.3 is 0 Å². The standard InChI is InChI=1S/C18H30N2O/c1-15(2)21-17-9-7-16(8-10-17)13-19-14-18(20(3)4)11-5-6-12-18/h7-10,15,19H,5-6,11-14H2,1-4H3. The fraction of sp³-hybridized carbons (Fsp3) is 0.667. The molecule has 0 radical (unpaired) electrons. The van der Waals surface area contributed by atoms with Gasteiger partial charge in [0.05, 0.1) is 6.10 Å². The lowest BCUT2D eigenvalue weighted by atomic mass is 9.96. The SMILES string of the molecule is CC(C)Oc1ccc(CNCC2(N(C)C)CCCC2)cc1. The van der Waals surface area contributed by atoms with E-state index >= 15 is 0 Å². The molecule has 1 aromatic rings. The summed E-state index contributed by atoms with van der Waals surface area (Å²) in [5, 5.41) is 3.64. The normalized spacial score (nSPS) is 17.6. The lowest BCUT2D eigenvalue weighted by Gasteiger charge is -2.36. The molecule has 1 aliphatic rings. The molecule has 0 bridgehead atoms. The Labute approximate surface area is 129 Å². The molecule has 1 fully saturated rings. The third kappa shape index (κ3) is 4.45. The van der Waals surface area contributed by atoms with Crippen LogP contribution in [0.3, 0.4) is 0 Å². The van der Waals surface area contributed by atoms with Crippen molar-refractivity contribution < 1.29 is 4.74 Å². The van der Waals surface area contributed by atoms with Gasteiger partial charge in [0.1, 0.15) is 5.75 Å². The number of nitrogens with zero attached hydrogens (tertiary/aromatic N) is 1. The summed E-state index contributed by atoms with van der Waals surface area (Å²) in [6, 6.07) is 8.44. The largest absolute Gasteiger partial charge is 0.491 e. The Bertz CT molecular complexity index is 419. The van der Waals surface area contributed by atoms with Crippen LogP contribution in [0.4, 0.5) is 0 Å². The molecule has 0 aliphatic heterocycles. The monoisotopic (exact) mass is 290 g/mol. The van der Waals surface area contributed by atoms with Gasteiger partial charge in [0.15, 0.2) is 0 Å². The summed E-state index contributed by atoms with van der Waals surface area (Å²) >= 11 is 0. The van der Waals surface area contributed by atoms with Crippen LogP contribution < -0.4 is 10.1 Å². The first kappa shape index (κ1) is 16.3. The third-order valence-corrected chi connectivity index (χ3v) is 4.56. The van der Waals surface area contributed by atoms with E-state index in [-0.39, 0.29) is 6.10 Å². The molecule has 0 saturated heterocycles. The topological polar surface area (TPSA) is 24.5 Å². The summed E-state index contributed by atoms with van der Waals surface area (Å²) in [5.74, 6) is 0.953. The van der Waals surface area contributed by atoms with Crippen molar-refractivity contribution in [1.29, 1.82) is 0 Å². The van der Waals surface area contributed by atoms with E-state index < -0.39 is 0 Å². The van der Waals surface area contributed by atoms with Gasteiger partial charge in [-0.05, 0) is 58.5 Å². The predicted molar refractivity (Wildman–Crippen MR) is 88.8 cm³/mol. The van der Waals surface area contributed by atoms with Crippen LogP contribution in [0, 0.1) is 0 Å². The Hall–Kier alpha value is -1.06. The summed E-state index contributed by atoms with van der Waals surface area (Å²) in [7, 11) is 4.43. The molecule has 118 valence electrons. The number of benzene rings is 1. The first-order chi connectivity index (χ1) is 10.0. The lowest BCUT2D eigenvalue weighted by Crippen LogP contribution is -2.49. The molecule has 2 rings (SSSR count). The highest BCUT2D eigenvalue weighted by Gasteiger charge is 2.35. The van der Waals surface area contributed by atoms with Crippen molar-refractivity contribution in [3.05, 3.63) is 29.8 Å². The van der Waals surface area contributed by atoms with E-state index in [1.807, 2.05) is 0 Å². The molecule has 1 aromatic carbocycles. The van der Waals surface area contributed by atoms with Crippen molar-refractivity contribution in [2.24, 2.45) is 0 Å². The Balaban J connectivity index is 1.83. The molecule has 0 unspecified atom stereocenters. The van der Waals surface area contributed by atoms with Gasteiger partial charge < -0.3 is 15.0 Å². The highest BCUT2D eigenvalue weighted by atomic mass is 16.5. The maximum atomic E-state index is 5.68. The van der Waals surface area contributed by atoms with Crippen molar-refractivity contribution >= 4 is 0 Å². The van der Waals surface area contributed by atoms with Gasteiger partial charge in [-0.1, -0.05) is 25.0 Å². The quantitative estimate of drug-likeness (QED) is 0.832. The highest BCUT2D eigenvalue weighted by molar-refractivity contribution is 5.27. The van der Waals surface area contributed by atoms with Gasteiger partial charge in [0.2, 0.25) is 0 Å². The van der Waals surface area contributed by atoms with Gasteiger partial charge in [0, 0.05) is 18.6 Å². The van der Waals surface area contributed by atoms with Crippen molar-refractivity contribution in [1.82, 2.24) is 10.2 Å². The van der Waals surface area contributed by atoms with Crippen molar-refractivity contribution in [2.75, 3.05) is 20.6 Å². The molecule has 0 aromatic heterocycles. The van der Waals surface area contributed by atoms with E-state index in [9.17, 15) is 0 Å². The summed E-state index contributed by atoms with van der Waals surface area (Å²) in [5.41, 5.74) is 1.68. The summed E-state index contributed by atoms with van der Waals surface area (Å²) in [6.07, 6.45) is 5.58. The van der Waals surface area contributed by atoms with E-state index in [4.69, 9.17) is 4.74 Å². The molecule has 0 heterocycles. The Morgan fingerprint density at radius 1 is 1.14 bits per heavy atom. The maximum absolute atomic E-state index is 5.68. The zero-order valence-corrected chi connectivity index (χ0v) is 14.0. The van der Waals surface area contributed by atoms with Gasteiger partial charge in [-0.25, -0.2) is 0 Å². The maximum Gasteiger partial charge on any atom is 0.119 e. The minimum Gasteiger partial charge on any atom is -0.491 e. The van der Waals surface area contributed by atoms with Crippen LogP contribution in [0.25, 0.3) is 0 Å². The average Bonchev–Trinajstić information content (AvgIpc) is 2.90. The fourth-order valence-electron chi connectivity index (χ4n) is 3.21. The first-order valence-corrected chi connectivity index (χ1v) is 8.16. The minimum absolute atomic E-state index is 0.233. The number of hydrogen-bond donors (Lipinski definition) is 1. The second-order valence-electron chi connectivity index (χ2n) is 6.74. The Kier molecular flexibility index (Phi) is 5.65. The van der Waals surface area contributed by atoms with Gasteiger partial charge in [0.25, 0.3) is 0 Å². The van der Waals surface area contributed by atoms with Crippen molar-refractivity contribution in [2.45, 2.75) is 57.7 Å². The smallest absolute Gasteiger partial charge is 0.119 e. The Morgan fingerprint density at radius 3 is 2.29 bits per heavy atom. The number of likely N-dealkylation sites (N-methyl/N-ethyl adjacent to an activating group) is 1. The fourth-order valence-corrected chi connectivity index (χ4v) is 3.21. The third-order valence-electron chi connectivity index (χ3n) is 4.56. The van der Waals surface area contributed by atoms with Crippen molar-refractivity contribution in [3.8, 4) is 5.75 Å². The molecule has 1 saturated carbocycles. The number of rotatable bonds is 7. The predicted octanol–water partition coefficient (Wildman–Crippen LogP) is 3.44. The van der Waals surface area contributed by atoms with Crippen LogP contribution in [0.2, 0.25) is 0 Å². The van der Waals surface area contributed by atoms with E-state index in [2.05, 4.69) is 62.4 Å². The first-order valence-electron chi connectivity index (χ1n) is 8.16. The summed E-state index contributed by atoms with van der Waals surface area (Å²) in [6.45, 7) is 6.11. The van der Waals surface area contributed by atoms with E-state index in [1.54, 1.807) is 0 Å². The number of hydrogen-bond acceptors (Lipinski definition) is 3. The van der Waals surface area contributed by atoms with E-state index in [1.165, 1.54) is 31.2 Å². The van der Waals surface area contributed by atoms with Gasteiger partial charge in [-0.3, -0.25) is 0 Å².